The van der Waals surface area contributed by atoms with E-state index >= 15 is 0 Å². The number of benzene rings is 2. The number of rotatable bonds is 5. The van der Waals surface area contributed by atoms with Gasteiger partial charge in [0.1, 0.15) is 12.4 Å². The Kier molecular flexibility index (Phi) is 7.30. The summed E-state index contributed by atoms with van der Waals surface area (Å²) in [6.45, 7) is 5.67. The van der Waals surface area contributed by atoms with Crippen molar-refractivity contribution in [2.24, 2.45) is 5.84 Å². The van der Waals surface area contributed by atoms with E-state index in [1.165, 1.54) is 14.0 Å². The number of nitrogens with zero attached hydrogens (tertiary/aromatic N) is 1. The van der Waals surface area contributed by atoms with E-state index in [4.69, 9.17) is 10.6 Å². The highest BCUT2D eigenvalue weighted by molar-refractivity contribution is 5.94. The second kappa shape index (κ2) is 8.98. The third kappa shape index (κ3) is 5.05. The molecule has 2 aromatic carbocycles. The first-order chi connectivity index (χ1) is 11.8. The van der Waals surface area contributed by atoms with E-state index in [9.17, 15) is 9.59 Å². The van der Waals surface area contributed by atoms with Crippen molar-refractivity contribution < 1.29 is 14.3 Å². The highest BCUT2D eigenvalue weighted by Gasteiger charge is 2.12. The topological polar surface area (TPSA) is 120 Å². The predicted octanol–water partition coefficient (Wildman–Crippen LogP) is 3.58. The first kappa shape index (κ1) is 21.1. The predicted molar refractivity (Wildman–Crippen MR) is 103 cm³/mol. The molecule has 26 heavy (non-hydrogen) atoms. The van der Waals surface area contributed by atoms with Crippen LogP contribution in [0.15, 0.2) is 36.4 Å². The highest BCUT2D eigenvalue weighted by atomic mass is 16.5. The van der Waals surface area contributed by atoms with Gasteiger partial charge < -0.3 is 16.2 Å². The van der Waals surface area contributed by atoms with Crippen LogP contribution in [0.5, 0.6) is 5.75 Å². The molecule has 2 rings (SSSR count). The van der Waals surface area contributed by atoms with E-state index < -0.39 is 6.03 Å². The number of Topliss-reactive ketones (excluding diaryl/α,β-unsaturated/α-hetero) is 1. The van der Waals surface area contributed by atoms with Crippen molar-refractivity contribution >= 4 is 17.5 Å². The third-order valence-corrected chi connectivity index (χ3v) is 3.93. The van der Waals surface area contributed by atoms with Crippen LogP contribution < -0.4 is 22.0 Å². The van der Waals surface area contributed by atoms with Gasteiger partial charge in [0.2, 0.25) is 0 Å². The number of anilines is 1. The van der Waals surface area contributed by atoms with Gasteiger partial charge in [0.15, 0.2) is 5.78 Å². The van der Waals surface area contributed by atoms with Crippen LogP contribution in [0.2, 0.25) is 0 Å². The van der Waals surface area contributed by atoms with Gasteiger partial charge in [-0.15, -0.1) is 0 Å². The zero-order valence-corrected chi connectivity index (χ0v) is 15.6. The van der Waals surface area contributed by atoms with E-state index in [2.05, 4.69) is 5.32 Å². The Bertz CT molecular complexity index is 803. The first-order valence-corrected chi connectivity index (χ1v) is 7.92. The van der Waals surface area contributed by atoms with E-state index in [0.717, 1.165) is 21.7 Å². The third-order valence-electron chi connectivity index (χ3n) is 3.93. The maximum atomic E-state index is 11.8. The zero-order chi connectivity index (χ0) is 18.6. The minimum Gasteiger partial charge on any atom is -0.489 e. The van der Waals surface area contributed by atoms with E-state index in [1.54, 1.807) is 18.2 Å². The van der Waals surface area contributed by atoms with Crippen LogP contribution in [0.1, 0.15) is 34.0 Å². The number of aryl methyl sites for hydroxylation is 2. The van der Waals surface area contributed by atoms with E-state index in [-0.39, 0.29) is 18.5 Å². The van der Waals surface area contributed by atoms with Crippen LogP contribution in [0.25, 0.3) is 0 Å². The molecule has 0 aliphatic carbocycles. The average molecular weight is 358 g/mol. The molecule has 0 fully saturated rings. The molecule has 0 aromatic heterocycles. The van der Waals surface area contributed by atoms with Crippen LogP contribution in [0, 0.1) is 13.8 Å². The second-order valence-corrected chi connectivity index (χ2v) is 5.97. The van der Waals surface area contributed by atoms with Gasteiger partial charge >= 0.3 is 6.03 Å². The quantitative estimate of drug-likeness (QED) is 0.326. The molecule has 0 radical (unpaired) electrons. The standard InChI is InChI=1S/C19H23N3O3.H3N/c1-12-6-5-7-17(21-19(24)22(4)20)16(12)11-25-18-9-8-15(14(3)23)10-13(18)2;/h5-10H,11,20H2,1-4H3,(H,21,24);1H3. The fourth-order valence-corrected chi connectivity index (χ4v) is 2.39. The summed E-state index contributed by atoms with van der Waals surface area (Å²) in [5, 5.41) is 3.75. The molecule has 0 unspecified atom stereocenters. The maximum Gasteiger partial charge on any atom is 0.335 e. The summed E-state index contributed by atoms with van der Waals surface area (Å²) in [4.78, 5) is 23.3. The van der Waals surface area contributed by atoms with Gasteiger partial charge in [-0.3, -0.25) is 9.80 Å². The summed E-state index contributed by atoms with van der Waals surface area (Å²) in [5.41, 5.74) is 4.05. The molecule has 7 nitrogen and oxygen atoms in total. The molecule has 0 heterocycles. The molecule has 0 saturated heterocycles. The van der Waals surface area contributed by atoms with Crippen LogP contribution in [0.4, 0.5) is 10.5 Å². The Hall–Kier alpha value is -2.90. The molecule has 2 amide bonds. The number of ether oxygens (including phenoxy) is 1. The van der Waals surface area contributed by atoms with Gasteiger partial charge in [0.05, 0.1) is 0 Å². The van der Waals surface area contributed by atoms with Gasteiger partial charge in [-0.05, 0) is 56.2 Å². The summed E-state index contributed by atoms with van der Waals surface area (Å²) >= 11 is 0. The largest absolute Gasteiger partial charge is 0.489 e. The highest BCUT2D eigenvalue weighted by Crippen LogP contribution is 2.25. The lowest BCUT2D eigenvalue weighted by Gasteiger charge is -2.17. The molecule has 0 aliphatic heterocycles. The van der Waals surface area contributed by atoms with Crippen molar-refractivity contribution in [2.75, 3.05) is 12.4 Å². The smallest absolute Gasteiger partial charge is 0.335 e. The maximum absolute atomic E-state index is 11.8. The minimum absolute atomic E-state index is 0. The number of amides is 2. The molecular formula is C19H26N4O3. The number of hydrazine groups is 1. The van der Waals surface area contributed by atoms with E-state index in [1.807, 2.05) is 32.0 Å². The number of carbonyl (C=O) groups is 2. The minimum atomic E-state index is -0.408. The lowest BCUT2D eigenvalue weighted by molar-refractivity contribution is 0.101. The Balaban J connectivity index is 0.00000338. The molecule has 2 aromatic rings. The van der Waals surface area contributed by atoms with Crippen LogP contribution in [0.3, 0.4) is 0 Å². The monoisotopic (exact) mass is 358 g/mol. The van der Waals surface area contributed by atoms with Crippen molar-refractivity contribution in [3.8, 4) is 5.75 Å². The fourth-order valence-electron chi connectivity index (χ4n) is 2.39. The SMILES string of the molecule is CC(=O)c1ccc(OCc2c(C)cccc2NC(=O)N(C)N)c(C)c1.N. The normalized spacial score (nSPS) is 9.88. The Morgan fingerprint density at radius 2 is 1.85 bits per heavy atom. The van der Waals surface area contributed by atoms with Crippen molar-refractivity contribution in [2.45, 2.75) is 27.4 Å². The summed E-state index contributed by atoms with van der Waals surface area (Å²) in [6.07, 6.45) is 0. The number of hydrogen-bond donors (Lipinski definition) is 3. The molecule has 0 saturated carbocycles. The number of hydrogen-bond acceptors (Lipinski definition) is 5. The van der Waals surface area contributed by atoms with Gasteiger partial charge in [0, 0.05) is 23.9 Å². The van der Waals surface area contributed by atoms with Crippen LogP contribution >= 0.6 is 0 Å². The molecule has 0 spiro atoms. The molecule has 0 atom stereocenters. The summed E-state index contributed by atoms with van der Waals surface area (Å²) < 4.78 is 5.91. The zero-order valence-electron chi connectivity index (χ0n) is 15.6. The number of ketones is 1. The summed E-state index contributed by atoms with van der Waals surface area (Å²) in [5.74, 6) is 6.17. The van der Waals surface area contributed by atoms with Gasteiger partial charge in [-0.25, -0.2) is 10.6 Å². The molecule has 0 bridgehead atoms. The van der Waals surface area contributed by atoms with Gasteiger partial charge in [-0.2, -0.15) is 0 Å². The van der Waals surface area contributed by atoms with Crippen LogP contribution in [-0.2, 0) is 6.61 Å². The fraction of sp³-hybridized carbons (Fsp3) is 0.263. The Labute approximate surface area is 153 Å². The summed E-state index contributed by atoms with van der Waals surface area (Å²) in [7, 11) is 1.47. The molecular weight excluding hydrogens is 332 g/mol. The van der Waals surface area contributed by atoms with E-state index in [0.29, 0.717) is 17.0 Å². The van der Waals surface area contributed by atoms with Crippen LogP contribution in [-0.4, -0.2) is 23.9 Å². The summed E-state index contributed by atoms with van der Waals surface area (Å²) in [6, 6.07) is 10.5. The van der Waals surface area contributed by atoms with Crippen molar-refractivity contribution in [3.05, 3.63) is 58.7 Å². The Morgan fingerprint density at radius 1 is 1.15 bits per heavy atom. The number of urea groups is 1. The molecule has 0 aliphatic rings. The van der Waals surface area contributed by atoms with Gasteiger partial charge in [-0.1, -0.05) is 12.1 Å². The Morgan fingerprint density at radius 3 is 2.42 bits per heavy atom. The number of nitrogens with two attached hydrogens (primary N) is 1. The first-order valence-electron chi connectivity index (χ1n) is 7.92. The lowest BCUT2D eigenvalue weighted by Crippen LogP contribution is -2.37. The number of nitrogens with one attached hydrogen (secondary N) is 1. The van der Waals surface area contributed by atoms with Crippen molar-refractivity contribution in [1.29, 1.82) is 0 Å². The second-order valence-electron chi connectivity index (χ2n) is 5.97. The molecule has 6 N–H and O–H groups in total. The average Bonchev–Trinajstić information content (AvgIpc) is 2.55. The molecule has 140 valence electrons. The van der Waals surface area contributed by atoms with Crippen molar-refractivity contribution in [3.63, 3.8) is 0 Å². The lowest BCUT2D eigenvalue weighted by atomic mass is 10.1. The van der Waals surface area contributed by atoms with Crippen molar-refractivity contribution in [1.82, 2.24) is 11.2 Å². The number of carbonyl (C=O) groups excluding carboxylic acids is 2. The molecule has 7 heteroatoms. The van der Waals surface area contributed by atoms with Gasteiger partial charge in [0.25, 0.3) is 0 Å².